The summed E-state index contributed by atoms with van der Waals surface area (Å²) in [5.74, 6) is 0. The van der Waals surface area contributed by atoms with Crippen molar-refractivity contribution in [1.82, 2.24) is 0 Å². The second kappa shape index (κ2) is 2.85. The molecule has 0 spiro atoms. The highest BCUT2D eigenvalue weighted by atomic mass is 79.9. The average Bonchev–Trinajstić information content (AvgIpc) is 1.95. The number of hydrogen-bond acceptors (Lipinski definition) is 1. The molecule has 0 aromatic heterocycles. The fourth-order valence-corrected chi connectivity index (χ4v) is 0.891. The van der Waals surface area contributed by atoms with Crippen molar-refractivity contribution in [1.29, 1.82) is 5.26 Å². The van der Waals surface area contributed by atoms with E-state index in [0.29, 0.717) is 5.56 Å². The van der Waals surface area contributed by atoms with Crippen molar-refractivity contribution >= 4 is 15.9 Å². The summed E-state index contributed by atoms with van der Waals surface area (Å²) >= 11 is 3.29. The number of nitrogens with zero attached hydrogens (tertiary/aromatic N) is 1. The molecule has 2 heteroatoms. The van der Waals surface area contributed by atoms with Gasteiger partial charge in [0.1, 0.15) is 0 Å². The molecule has 0 amide bonds. The summed E-state index contributed by atoms with van der Waals surface area (Å²) in [6, 6.07) is 7.34. The van der Waals surface area contributed by atoms with Crippen molar-refractivity contribution in [2.75, 3.05) is 0 Å². The third-order valence-electron chi connectivity index (χ3n) is 1.17. The number of rotatable bonds is 0. The first-order chi connectivity index (χ1) is 4.74. The minimum absolute atomic E-state index is 0.646. The van der Waals surface area contributed by atoms with E-state index in [0.717, 1.165) is 10.0 Å². The third kappa shape index (κ3) is 1.37. The first kappa shape index (κ1) is 7.30. The highest BCUT2D eigenvalue weighted by Crippen LogP contribution is 2.16. The molecule has 0 fully saturated rings. The van der Waals surface area contributed by atoms with Crippen molar-refractivity contribution in [2.24, 2.45) is 0 Å². The maximum Gasteiger partial charge on any atom is 0.0991 e. The van der Waals surface area contributed by atoms with Gasteiger partial charge >= 0.3 is 0 Å². The number of nitriles is 1. The molecule has 0 aliphatic carbocycles. The largest absolute Gasteiger partial charge is 0.192 e. The van der Waals surface area contributed by atoms with Crippen molar-refractivity contribution in [3.8, 4) is 6.07 Å². The highest BCUT2D eigenvalue weighted by molar-refractivity contribution is 9.10. The van der Waals surface area contributed by atoms with Gasteiger partial charge in [-0.15, -0.1) is 0 Å². The molecule has 1 aromatic carbocycles. The molecule has 0 N–H and O–H groups in total. The Hall–Kier alpha value is -0.810. The second-order valence-corrected chi connectivity index (χ2v) is 2.77. The van der Waals surface area contributed by atoms with Crippen LogP contribution in [0.5, 0.6) is 0 Å². The molecule has 1 radical (unpaired) electrons. The lowest BCUT2D eigenvalue weighted by atomic mass is 10.2. The third-order valence-corrected chi connectivity index (χ3v) is 1.95. The standard InChI is InChI=1S/C8H5BrN/c1-6-4-7(5-10)2-3-8(6)9/h2-4H,1H2. The van der Waals surface area contributed by atoms with Crippen LogP contribution in [0.15, 0.2) is 22.7 Å². The van der Waals surface area contributed by atoms with Gasteiger partial charge in [0.2, 0.25) is 0 Å². The van der Waals surface area contributed by atoms with Crippen molar-refractivity contribution in [3.05, 3.63) is 40.7 Å². The molecule has 0 saturated carbocycles. The van der Waals surface area contributed by atoms with E-state index in [1.54, 1.807) is 12.1 Å². The average molecular weight is 195 g/mol. The monoisotopic (exact) mass is 194 g/mol. The molecule has 10 heavy (non-hydrogen) atoms. The van der Waals surface area contributed by atoms with Gasteiger partial charge in [-0.2, -0.15) is 5.26 Å². The summed E-state index contributed by atoms with van der Waals surface area (Å²) in [4.78, 5) is 0. The van der Waals surface area contributed by atoms with Crippen molar-refractivity contribution in [3.63, 3.8) is 0 Å². The van der Waals surface area contributed by atoms with Gasteiger partial charge < -0.3 is 0 Å². The molecule has 1 nitrogen and oxygen atoms in total. The summed E-state index contributed by atoms with van der Waals surface area (Å²) in [5, 5.41) is 8.46. The Bertz CT molecular complexity index is 286. The molecular weight excluding hydrogens is 190 g/mol. The van der Waals surface area contributed by atoms with Crippen LogP contribution in [0.4, 0.5) is 0 Å². The van der Waals surface area contributed by atoms with E-state index in [1.807, 2.05) is 12.1 Å². The summed E-state index contributed by atoms with van der Waals surface area (Å²) in [5.41, 5.74) is 1.49. The molecule has 1 aromatic rings. The number of benzene rings is 1. The Morgan fingerprint density at radius 1 is 1.50 bits per heavy atom. The van der Waals surface area contributed by atoms with Gasteiger partial charge in [0, 0.05) is 4.47 Å². The zero-order valence-corrected chi connectivity index (χ0v) is 6.85. The van der Waals surface area contributed by atoms with E-state index >= 15 is 0 Å². The fourth-order valence-electron chi connectivity index (χ4n) is 0.644. The Kier molecular flexibility index (Phi) is 2.08. The summed E-state index contributed by atoms with van der Waals surface area (Å²) in [7, 11) is 0. The van der Waals surface area contributed by atoms with Crippen molar-refractivity contribution < 1.29 is 0 Å². The zero-order chi connectivity index (χ0) is 7.56. The summed E-state index contributed by atoms with van der Waals surface area (Å²) < 4.78 is 0.937. The van der Waals surface area contributed by atoms with Crippen molar-refractivity contribution in [2.45, 2.75) is 0 Å². The zero-order valence-electron chi connectivity index (χ0n) is 5.26. The van der Waals surface area contributed by atoms with Gasteiger partial charge in [0.15, 0.2) is 0 Å². The second-order valence-electron chi connectivity index (χ2n) is 1.92. The van der Waals surface area contributed by atoms with Gasteiger partial charge in [-0.05, 0) is 30.7 Å². The quantitative estimate of drug-likeness (QED) is 0.623. The van der Waals surface area contributed by atoms with Crippen LogP contribution in [0, 0.1) is 18.3 Å². The highest BCUT2D eigenvalue weighted by Gasteiger charge is 1.94. The Labute approximate surface area is 68.4 Å². The van der Waals surface area contributed by atoms with Gasteiger partial charge in [-0.1, -0.05) is 15.9 Å². The SMILES string of the molecule is [CH2]c1cc(C#N)ccc1Br. The van der Waals surface area contributed by atoms with E-state index < -0.39 is 0 Å². The fraction of sp³-hybridized carbons (Fsp3) is 0. The minimum atomic E-state index is 0.646. The van der Waals surface area contributed by atoms with E-state index in [4.69, 9.17) is 5.26 Å². The van der Waals surface area contributed by atoms with Gasteiger partial charge in [-0.25, -0.2) is 0 Å². The first-order valence-corrected chi connectivity index (χ1v) is 3.55. The first-order valence-electron chi connectivity index (χ1n) is 2.75. The predicted octanol–water partition coefficient (Wildman–Crippen LogP) is 2.50. The minimum Gasteiger partial charge on any atom is -0.192 e. The predicted molar refractivity (Wildman–Crippen MR) is 43.3 cm³/mol. The van der Waals surface area contributed by atoms with Gasteiger partial charge in [0.25, 0.3) is 0 Å². The number of halogens is 1. The lowest BCUT2D eigenvalue weighted by Gasteiger charge is -1.95. The summed E-state index contributed by atoms with van der Waals surface area (Å²) in [6.45, 7) is 3.73. The van der Waals surface area contributed by atoms with E-state index in [2.05, 4.69) is 22.9 Å². The van der Waals surface area contributed by atoms with Gasteiger partial charge in [0.05, 0.1) is 11.6 Å². The topological polar surface area (TPSA) is 23.8 Å². The Morgan fingerprint density at radius 2 is 2.20 bits per heavy atom. The smallest absolute Gasteiger partial charge is 0.0991 e. The Balaban J connectivity index is 3.20. The molecule has 0 atom stereocenters. The lowest BCUT2D eigenvalue weighted by molar-refractivity contribution is 1.46. The lowest BCUT2D eigenvalue weighted by Crippen LogP contribution is -1.77. The molecule has 0 heterocycles. The molecule has 0 unspecified atom stereocenters. The van der Waals surface area contributed by atoms with Crippen LogP contribution < -0.4 is 0 Å². The normalized spacial score (nSPS) is 8.90. The van der Waals surface area contributed by atoms with E-state index in [-0.39, 0.29) is 0 Å². The maximum absolute atomic E-state index is 8.46. The van der Waals surface area contributed by atoms with Crippen LogP contribution in [0.25, 0.3) is 0 Å². The van der Waals surface area contributed by atoms with Crippen LogP contribution >= 0.6 is 15.9 Å². The van der Waals surface area contributed by atoms with Crippen LogP contribution in [0.1, 0.15) is 11.1 Å². The molecule has 0 aliphatic rings. The summed E-state index contributed by atoms with van der Waals surface area (Å²) in [6.07, 6.45) is 0. The van der Waals surface area contributed by atoms with Crippen LogP contribution in [-0.4, -0.2) is 0 Å². The van der Waals surface area contributed by atoms with Crippen LogP contribution in [-0.2, 0) is 0 Å². The van der Waals surface area contributed by atoms with Gasteiger partial charge in [-0.3, -0.25) is 0 Å². The van der Waals surface area contributed by atoms with E-state index in [1.165, 1.54) is 0 Å². The molecule has 0 saturated heterocycles. The maximum atomic E-state index is 8.46. The molecule has 49 valence electrons. The molecule has 0 bridgehead atoms. The molecular formula is C8H5BrN. The molecule has 1 rings (SSSR count). The van der Waals surface area contributed by atoms with Crippen LogP contribution in [0.3, 0.4) is 0 Å². The molecule has 0 aliphatic heterocycles. The van der Waals surface area contributed by atoms with E-state index in [9.17, 15) is 0 Å². The van der Waals surface area contributed by atoms with Crippen LogP contribution in [0.2, 0.25) is 0 Å². The number of hydrogen-bond donors (Lipinski definition) is 0. The Morgan fingerprint density at radius 3 is 2.70 bits per heavy atom.